The number of nitrogens with zero attached hydrogens (tertiary/aromatic N) is 3. The standard InChI is InChI=1S/C15H24N4/c1-12-11-14(19-9-5-2-6-10-19)18-15(16-12)17-13-7-3-4-8-13/h11,13H,2-10H2,1H3,(H,16,17,18). The van der Waals surface area contributed by atoms with E-state index in [4.69, 9.17) is 4.98 Å². The second-order valence-corrected chi connectivity index (χ2v) is 5.86. The number of piperidine rings is 1. The first-order chi connectivity index (χ1) is 9.31. The largest absolute Gasteiger partial charge is 0.356 e. The molecule has 1 saturated heterocycles. The summed E-state index contributed by atoms with van der Waals surface area (Å²) < 4.78 is 0. The lowest BCUT2D eigenvalue weighted by molar-refractivity contribution is 0.573. The first-order valence-corrected chi connectivity index (χ1v) is 7.68. The highest BCUT2D eigenvalue weighted by molar-refractivity contribution is 5.45. The Bertz CT molecular complexity index is 420. The molecule has 0 radical (unpaired) electrons. The average Bonchev–Trinajstić information content (AvgIpc) is 2.92. The van der Waals surface area contributed by atoms with Crippen LogP contribution in [0.1, 0.15) is 50.6 Å². The number of hydrogen-bond donors (Lipinski definition) is 1. The molecule has 104 valence electrons. The lowest BCUT2D eigenvalue weighted by Gasteiger charge is -2.28. The Labute approximate surface area is 115 Å². The van der Waals surface area contributed by atoms with Crippen molar-refractivity contribution in [3.8, 4) is 0 Å². The van der Waals surface area contributed by atoms with Gasteiger partial charge in [0.2, 0.25) is 5.95 Å². The molecule has 0 bridgehead atoms. The van der Waals surface area contributed by atoms with Gasteiger partial charge in [-0.05, 0) is 39.0 Å². The van der Waals surface area contributed by atoms with Crippen molar-refractivity contribution in [3.63, 3.8) is 0 Å². The molecule has 0 atom stereocenters. The van der Waals surface area contributed by atoms with Crippen LogP contribution in [-0.4, -0.2) is 29.1 Å². The van der Waals surface area contributed by atoms with Crippen molar-refractivity contribution in [2.45, 2.75) is 57.9 Å². The molecule has 4 heteroatoms. The normalized spacial score (nSPS) is 20.8. The minimum Gasteiger partial charge on any atom is -0.356 e. The first-order valence-electron chi connectivity index (χ1n) is 7.68. The van der Waals surface area contributed by atoms with Crippen LogP contribution in [0.15, 0.2) is 6.07 Å². The van der Waals surface area contributed by atoms with E-state index in [1.807, 2.05) is 0 Å². The molecular formula is C15H24N4. The van der Waals surface area contributed by atoms with Gasteiger partial charge in [-0.3, -0.25) is 0 Å². The molecule has 0 spiro atoms. The molecule has 19 heavy (non-hydrogen) atoms. The quantitative estimate of drug-likeness (QED) is 0.906. The SMILES string of the molecule is Cc1cc(N2CCCCC2)nc(NC2CCCC2)n1. The van der Waals surface area contributed by atoms with E-state index in [1.165, 1.54) is 44.9 Å². The third-order valence-corrected chi connectivity index (χ3v) is 4.21. The van der Waals surface area contributed by atoms with Gasteiger partial charge >= 0.3 is 0 Å². The molecule has 0 amide bonds. The molecule has 2 fully saturated rings. The van der Waals surface area contributed by atoms with E-state index in [1.54, 1.807) is 0 Å². The van der Waals surface area contributed by atoms with Crippen LogP contribution in [0.3, 0.4) is 0 Å². The topological polar surface area (TPSA) is 41.1 Å². The van der Waals surface area contributed by atoms with Crippen LogP contribution in [0.25, 0.3) is 0 Å². The number of aromatic nitrogens is 2. The Morgan fingerprint density at radius 2 is 1.79 bits per heavy atom. The molecule has 2 heterocycles. The highest BCUT2D eigenvalue weighted by atomic mass is 15.2. The Morgan fingerprint density at radius 1 is 1.05 bits per heavy atom. The molecule has 1 aromatic rings. The highest BCUT2D eigenvalue weighted by Crippen LogP contribution is 2.23. The van der Waals surface area contributed by atoms with E-state index in [-0.39, 0.29) is 0 Å². The van der Waals surface area contributed by atoms with Crippen molar-refractivity contribution in [3.05, 3.63) is 11.8 Å². The van der Waals surface area contributed by atoms with Crippen LogP contribution in [-0.2, 0) is 0 Å². The van der Waals surface area contributed by atoms with Gasteiger partial charge in [0, 0.05) is 30.9 Å². The van der Waals surface area contributed by atoms with Crippen LogP contribution in [0, 0.1) is 6.92 Å². The number of rotatable bonds is 3. The Kier molecular flexibility index (Phi) is 3.85. The van der Waals surface area contributed by atoms with E-state index < -0.39 is 0 Å². The molecule has 4 nitrogen and oxygen atoms in total. The number of aryl methyl sites for hydroxylation is 1. The van der Waals surface area contributed by atoms with Crippen molar-refractivity contribution in [2.75, 3.05) is 23.3 Å². The average molecular weight is 260 g/mol. The van der Waals surface area contributed by atoms with Crippen molar-refractivity contribution in [1.82, 2.24) is 9.97 Å². The molecule has 0 unspecified atom stereocenters. The van der Waals surface area contributed by atoms with E-state index >= 15 is 0 Å². The maximum absolute atomic E-state index is 4.72. The lowest BCUT2D eigenvalue weighted by atomic mass is 10.1. The summed E-state index contributed by atoms with van der Waals surface area (Å²) in [4.78, 5) is 11.7. The summed E-state index contributed by atoms with van der Waals surface area (Å²) in [7, 11) is 0. The zero-order valence-electron chi connectivity index (χ0n) is 11.9. The predicted octanol–water partition coefficient (Wildman–Crippen LogP) is 3.13. The van der Waals surface area contributed by atoms with Crippen LogP contribution in [0.5, 0.6) is 0 Å². The molecule has 1 N–H and O–H groups in total. The summed E-state index contributed by atoms with van der Waals surface area (Å²) in [5, 5.41) is 3.51. The highest BCUT2D eigenvalue weighted by Gasteiger charge is 2.18. The molecule has 1 aliphatic carbocycles. The summed E-state index contributed by atoms with van der Waals surface area (Å²) in [5.41, 5.74) is 1.07. The minimum atomic E-state index is 0.580. The maximum atomic E-state index is 4.72. The van der Waals surface area contributed by atoms with Gasteiger partial charge in [0.1, 0.15) is 5.82 Å². The van der Waals surface area contributed by atoms with Gasteiger partial charge in [0.05, 0.1) is 0 Å². The van der Waals surface area contributed by atoms with Gasteiger partial charge in [-0.25, -0.2) is 4.98 Å². The van der Waals surface area contributed by atoms with Crippen LogP contribution in [0.4, 0.5) is 11.8 Å². The first kappa shape index (κ1) is 12.7. The zero-order chi connectivity index (χ0) is 13.1. The second kappa shape index (κ2) is 5.76. The summed E-state index contributed by atoms with van der Waals surface area (Å²) >= 11 is 0. The van der Waals surface area contributed by atoms with Crippen LogP contribution in [0.2, 0.25) is 0 Å². The number of anilines is 2. The zero-order valence-corrected chi connectivity index (χ0v) is 11.9. The third-order valence-electron chi connectivity index (χ3n) is 4.21. The second-order valence-electron chi connectivity index (χ2n) is 5.86. The number of nitrogens with one attached hydrogen (secondary N) is 1. The van der Waals surface area contributed by atoms with E-state index in [0.717, 1.165) is 30.5 Å². The van der Waals surface area contributed by atoms with Crippen molar-refractivity contribution >= 4 is 11.8 Å². The summed E-state index contributed by atoms with van der Waals surface area (Å²) in [5.74, 6) is 1.93. The predicted molar refractivity (Wildman–Crippen MR) is 78.7 cm³/mol. The van der Waals surface area contributed by atoms with E-state index in [9.17, 15) is 0 Å². The summed E-state index contributed by atoms with van der Waals surface area (Å²) in [6, 6.07) is 2.70. The molecule has 0 aromatic carbocycles. The van der Waals surface area contributed by atoms with Crippen LogP contribution < -0.4 is 10.2 Å². The minimum absolute atomic E-state index is 0.580. The third kappa shape index (κ3) is 3.17. The van der Waals surface area contributed by atoms with Gasteiger partial charge in [-0.2, -0.15) is 4.98 Å². The molecule has 1 saturated carbocycles. The van der Waals surface area contributed by atoms with E-state index in [2.05, 4.69) is 28.2 Å². The van der Waals surface area contributed by atoms with E-state index in [0.29, 0.717) is 6.04 Å². The van der Waals surface area contributed by atoms with Gasteiger partial charge in [-0.1, -0.05) is 12.8 Å². The van der Waals surface area contributed by atoms with Gasteiger partial charge in [-0.15, -0.1) is 0 Å². The lowest BCUT2D eigenvalue weighted by Crippen LogP contribution is -2.30. The Morgan fingerprint density at radius 3 is 2.53 bits per heavy atom. The fourth-order valence-electron chi connectivity index (χ4n) is 3.15. The van der Waals surface area contributed by atoms with Gasteiger partial charge in [0.15, 0.2) is 0 Å². The maximum Gasteiger partial charge on any atom is 0.225 e. The molecule has 1 aliphatic heterocycles. The van der Waals surface area contributed by atoms with Gasteiger partial charge in [0.25, 0.3) is 0 Å². The van der Waals surface area contributed by atoms with Crippen molar-refractivity contribution in [1.29, 1.82) is 0 Å². The Balaban J connectivity index is 1.74. The van der Waals surface area contributed by atoms with Crippen molar-refractivity contribution < 1.29 is 0 Å². The summed E-state index contributed by atoms with van der Waals surface area (Å²) in [6.07, 6.45) is 9.12. The Hall–Kier alpha value is -1.32. The molecule has 3 rings (SSSR count). The fraction of sp³-hybridized carbons (Fsp3) is 0.733. The smallest absolute Gasteiger partial charge is 0.225 e. The number of hydrogen-bond acceptors (Lipinski definition) is 4. The molecular weight excluding hydrogens is 236 g/mol. The van der Waals surface area contributed by atoms with Crippen LogP contribution >= 0.6 is 0 Å². The molecule has 1 aromatic heterocycles. The summed E-state index contributed by atoms with van der Waals surface area (Å²) in [6.45, 7) is 4.34. The monoisotopic (exact) mass is 260 g/mol. The van der Waals surface area contributed by atoms with Gasteiger partial charge < -0.3 is 10.2 Å². The fourth-order valence-corrected chi connectivity index (χ4v) is 3.15. The van der Waals surface area contributed by atoms with Crippen molar-refractivity contribution in [2.24, 2.45) is 0 Å². The molecule has 2 aliphatic rings.